The lowest BCUT2D eigenvalue weighted by molar-refractivity contribution is -0.128. The SMILES string of the molecule is COc1ccc(CCN2C(=O)/C(=C\c3ccc4c(c3)OCO4)C(=O)NC2=S)cc1OC. The molecule has 0 radical (unpaired) electrons. The molecular weight excluding hydrogens is 420 g/mol. The average molecular weight is 440 g/mol. The molecule has 31 heavy (non-hydrogen) atoms. The molecule has 1 fully saturated rings. The number of nitrogens with zero attached hydrogens (tertiary/aromatic N) is 1. The van der Waals surface area contributed by atoms with Crippen LogP contribution in [0.3, 0.4) is 0 Å². The molecule has 0 unspecified atom stereocenters. The average Bonchev–Trinajstić information content (AvgIpc) is 3.24. The quantitative estimate of drug-likeness (QED) is 0.419. The van der Waals surface area contributed by atoms with Crippen molar-refractivity contribution in [3.63, 3.8) is 0 Å². The number of carbonyl (C=O) groups excluding carboxylic acids is 2. The van der Waals surface area contributed by atoms with Gasteiger partial charge in [-0.15, -0.1) is 0 Å². The Morgan fingerprint density at radius 3 is 2.61 bits per heavy atom. The van der Waals surface area contributed by atoms with Crippen LogP contribution in [0.4, 0.5) is 0 Å². The van der Waals surface area contributed by atoms with Crippen molar-refractivity contribution in [3.8, 4) is 23.0 Å². The van der Waals surface area contributed by atoms with Gasteiger partial charge >= 0.3 is 0 Å². The summed E-state index contributed by atoms with van der Waals surface area (Å²) < 4.78 is 21.2. The van der Waals surface area contributed by atoms with Crippen molar-refractivity contribution in [1.82, 2.24) is 10.2 Å². The fraction of sp³-hybridized carbons (Fsp3) is 0.227. The minimum Gasteiger partial charge on any atom is -0.493 e. The standard InChI is InChI=1S/C22H20N2O6S/c1-27-16-5-3-13(10-18(16)28-2)7-8-24-21(26)15(20(25)23-22(24)31)9-14-4-6-17-19(11-14)30-12-29-17/h3-6,9-11H,7-8,12H2,1-2H3,(H,23,25,31)/b15-9-. The molecule has 2 aliphatic rings. The molecule has 160 valence electrons. The Bertz CT molecular complexity index is 1100. The van der Waals surface area contributed by atoms with Crippen LogP contribution in [0.1, 0.15) is 11.1 Å². The van der Waals surface area contributed by atoms with Gasteiger partial charge in [-0.2, -0.15) is 0 Å². The van der Waals surface area contributed by atoms with Crippen LogP contribution in [0.2, 0.25) is 0 Å². The van der Waals surface area contributed by atoms with Crippen LogP contribution in [-0.2, 0) is 16.0 Å². The Balaban J connectivity index is 1.53. The molecule has 1 saturated heterocycles. The van der Waals surface area contributed by atoms with Gasteiger partial charge < -0.3 is 18.9 Å². The third kappa shape index (κ3) is 4.17. The van der Waals surface area contributed by atoms with E-state index >= 15 is 0 Å². The molecule has 1 N–H and O–H groups in total. The second kappa shape index (κ2) is 8.65. The summed E-state index contributed by atoms with van der Waals surface area (Å²) in [4.78, 5) is 26.8. The third-order valence-corrected chi connectivity index (χ3v) is 5.29. The minimum absolute atomic E-state index is 0.000207. The van der Waals surface area contributed by atoms with Crippen LogP contribution in [0.5, 0.6) is 23.0 Å². The number of nitrogens with one attached hydrogen (secondary N) is 1. The van der Waals surface area contributed by atoms with Crippen molar-refractivity contribution >= 4 is 35.2 Å². The fourth-order valence-electron chi connectivity index (χ4n) is 3.34. The van der Waals surface area contributed by atoms with Crippen LogP contribution in [-0.4, -0.2) is 49.4 Å². The Kier molecular flexibility index (Phi) is 5.77. The zero-order valence-corrected chi connectivity index (χ0v) is 17.8. The lowest BCUT2D eigenvalue weighted by Crippen LogP contribution is -2.54. The molecule has 0 aromatic heterocycles. The first-order valence-corrected chi connectivity index (χ1v) is 9.90. The lowest BCUT2D eigenvalue weighted by atomic mass is 10.1. The lowest BCUT2D eigenvalue weighted by Gasteiger charge is -2.29. The van der Waals surface area contributed by atoms with Gasteiger partial charge in [-0.3, -0.25) is 19.8 Å². The summed E-state index contributed by atoms with van der Waals surface area (Å²) in [5.74, 6) is 1.43. The van der Waals surface area contributed by atoms with Gasteiger partial charge in [-0.1, -0.05) is 12.1 Å². The maximum absolute atomic E-state index is 13.0. The van der Waals surface area contributed by atoms with Crippen molar-refractivity contribution in [3.05, 3.63) is 53.1 Å². The number of hydrogen-bond donors (Lipinski definition) is 1. The number of fused-ring (bicyclic) bond motifs is 1. The summed E-state index contributed by atoms with van der Waals surface area (Å²) in [7, 11) is 3.13. The highest BCUT2D eigenvalue weighted by Gasteiger charge is 2.33. The number of hydrogen-bond acceptors (Lipinski definition) is 7. The predicted octanol–water partition coefficient (Wildman–Crippen LogP) is 2.30. The second-order valence-corrected chi connectivity index (χ2v) is 7.21. The maximum Gasteiger partial charge on any atom is 0.265 e. The highest BCUT2D eigenvalue weighted by atomic mass is 32.1. The molecule has 9 heteroatoms. The zero-order valence-electron chi connectivity index (χ0n) is 17.0. The fourth-order valence-corrected chi connectivity index (χ4v) is 3.61. The van der Waals surface area contributed by atoms with Crippen molar-refractivity contribution in [1.29, 1.82) is 0 Å². The zero-order chi connectivity index (χ0) is 22.0. The van der Waals surface area contributed by atoms with E-state index in [1.54, 1.807) is 38.5 Å². The summed E-state index contributed by atoms with van der Waals surface area (Å²) in [5, 5.41) is 2.67. The van der Waals surface area contributed by atoms with E-state index in [0.29, 0.717) is 41.5 Å². The molecule has 2 amide bonds. The number of rotatable bonds is 6. The summed E-state index contributed by atoms with van der Waals surface area (Å²) in [6.45, 7) is 0.443. The molecule has 4 rings (SSSR count). The van der Waals surface area contributed by atoms with Crippen molar-refractivity contribution < 1.29 is 28.5 Å². The highest BCUT2D eigenvalue weighted by molar-refractivity contribution is 7.80. The van der Waals surface area contributed by atoms with E-state index in [2.05, 4.69) is 5.32 Å². The first-order valence-electron chi connectivity index (χ1n) is 9.49. The molecule has 0 atom stereocenters. The van der Waals surface area contributed by atoms with Gasteiger partial charge in [-0.25, -0.2) is 0 Å². The van der Waals surface area contributed by atoms with E-state index in [-0.39, 0.29) is 17.5 Å². The molecular formula is C22H20N2O6S. The van der Waals surface area contributed by atoms with Gasteiger partial charge in [0.1, 0.15) is 5.57 Å². The second-order valence-electron chi connectivity index (χ2n) is 6.83. The van der Waals surface area contributed by atoms with Crippen LogP contribution in [0.25, 0.3) is 6.08 Å². The third-order valence-electron chi connectivity index (χ3n) is 4.97. The molecule has 2 aliphatic heterocycles. The smallest absolute Gasteiger partial charge is 0.265 e. The van der Waals surface area contributed by atoms with Gasteiger partial charge in [0.05, 0.1) is 14.2 Å². The molecule has 0 spiro atoms. The number of thiocarbonyl (C=S) groups is 1. The van der Waals surface area contributed by atoms with Gasteiger partial charge in [-0.05, 0) is 60.1 Å². The molecule has 0 saturated carbocycles. The Hall–Kier alpha value is -3.59. The monoisotopic (exact) mass is 440 g/mol. The van der Waals surface area contributed by atoms with Crippen molar-refractivity contribution in [2.24, 2.45) is 0 Å². The largest absolute Gasteiger partial charge is 0.493 e. The molecule has 2 aromatic carbocycles. The van der Waals surface area contributed by atoms with E-state index in [1.807, 2.05) is 12.1 Å². The molecule has 0 aliphatic carbocycles. The summed E-state index contributed by atoms with van der Waals surface area (Å²) >= 11 is 5.23. The van der Waals surface area contributed by atoms with E-state index in [9.17, 15) is 9.59 Å². The van der Waals surface area contributed by atoms with Crippen LogP contribution in [0, 0.1) is 0 Å². The number of ether oxygens (including phenoxy) is 4. The molecule has 8 nitrogen and oxygen atoms in total. The van der Waals surface area contributed by atoms with Crippen LogP contribution < -0.4 is 24.3 Å². The first-order chi connectivity index (χ1) is 15.0. The predicted molar refractivity (Wildman–Crippen MR) is 116 cm³/mol. The first kappa shape index (κ1) is 20.7. The minimum atomic E-state index is -0.532. The Morgan fingerprint density at radius 2 is 1.84 bits per heavy atom. The highest BCUT2D eigenvalue weighted by Crippen LogP contribution is 2.33. The van der Waals surface area contributed by atoms with Crippen LogP contribution in [0.15, 0.2) is 42.0 Å². The number of methoxy groups -OCH3 is 2. The normalized spacial score (nSPS) is 16.5. The van der Waals surface area contributed by atoms with Gasteiger partial charge in [0.25, 0.3) is 11.8 Å². The number of benzene rings is 2. The molecule has 0 bridgehead atoms. The number of carbonyl (C=O) groups is 2. The molecule has 2 aromatic rings. The van der Waals surface area contributed by atoms with E-state index in [4.69, 9.17) is 31.2 Å². The summed E-state index contributed by atoms with van der Waals surface area (Å²) in [6, 6.07) is 10.7. The van der Waals surface area contributed by atoms with E-state index < -0.39 is 11.8 Å². The summed E-state index contributed by atoms with van der Waals surface area (Å²) in [5.41, 5.74) is 1.58. The molecule has 2 heterocycles. The summed E-state index contributed by atoms with van der Waals surface area (Å²) in [6.07, 6.45) is 2.03. The Morgan fingerprint density at radius 1 is 1.06 bits per heavy atom. The topological polar surface area (TPSA) is 86.3 Å². The number of amides is 2. The Labute approximate surface area is 184 Å². The van der Waals surface area contributed by atoms with Crippen molar-refractivity contribution in [2.45, 2.75) is 6.42 Å². The van der Waals surface area contributed by atoms with E-state index in [1.165, 1.54) is 11.0 Å². The van der Waals surface area contributed by atoms with Gasteiger partial charge in [0.15, 0.2) is 28.1 Å². The van der Waals surface area contributed by atoms with Crippen molar-refractivity contribution in [2.75, 3.05) is 27.6 Å². The maximum atomic E-state index is 13.0. The van der Waals surface area contributed by atoms with E-state index in [0.717, 1.165) is 5.56 Å². The van der Waals surface area contributed by atoms with Gasteiger partial charge in [0.2, 0.25) is 6.79 Å². The van der Waals surface area contributed by atoms with Crippen LogP contribution >= 0.6 is 12.2 Å². The van der Waals surface area contributed by atoms with Gasteiger partial charge in [0, 0.05) is 6.54 Å².